The first-order valence-electron chi connectivity index (χ1n) is 8.01. The molecular formula is C19H20N2O7. The molecule has 9 nitrogen and oxygen atoms in total. The Bertz CT molecular complexity index is 881. The standard InChI is InChI=1S/C19H20N2O7/c1-24-14-8-6-13(10-17(14)26-3)18(22)28-15-7-5-12(9-16(15)25-2)11-20-21-19(23)27-4/h5-11H,1-4H3,(H,21,23)/b20-11-. The number of benzene rings is 2. The van der Waals surface area contributed by atoms with Crippen molar-refractivity contribution in [3.63, 3.8) is 0 Å². The van der Waals surface area contributed by atoms with Crippen molar-refractivity contribution in [1.29, 1.82) is 0 Å². The summed E-state index contributed by atoms with van der Waals surface area (Å²) in [4.78, 5) is 23.4. The molecule has 1 amide bonds. The predicted molar refractivity (Wildman–Crippen MR) is 101 cm³/mol. The summed E-state index contributed by atoms with van der Waals surface area (Å²) in [7, 11) is 5.66. The second kappa shape index (κ2) is 9.81. The van der Waals surface area contributed by atoms with Gasteiger partial charge in [0.05, 0.1) is 40.2 Å². The minimum Gasteiger partial charge on any atom is -0.493 e. The van der Waals surface area contributed by atoms with Gasteiger partial charge in [-0.15, -0.1) is 0 Å². The summed E-state index contributed by atoms with van der Waals surface area (Å²) in [6, 6.07) is 9.49. The normalized spacial score (nSPS) is 10.3. The van der Waals surface area contributed by atoms with E-state index >= 15 is 0 Å². The molecule has 0 bridgehead atoms. The summed E-state index contributed by atoms with van der Waals surface area (Å²) >= 11 is 0. The van der Waals surface area contributed by atoms with E-state index in [-0.39, 0.29) is 11.3 Å². The molecule has 0 aliphatic carbocycles. The molecule has 0 atom stereocenters. The molecule has 0 aliphatic rings. The van der Waals surface area contributed by atoms with E-state index in [0.717, 1.165) is 0 Å². The maximum Gasteiger partial charge on any atom is 0.427 e. The Morgan fingerprint density at radius 3 is 2.14 bits per heavy atom. The molecule has 2 rings (SSSR count). The minimum atomic E-state index is -0.691. The third kappa shape index (κ3) is 5.13. The largest absolute Gasteiger partial charge is 0.493 e. The summed E-state index contributed by atoms with van der Waals surface area (Å²) in [6.45, 7) is 0. The molecule has 0 unspecified atom stereocenters. The van der Waals surface area contributed by atoms with Crippen LogP contribution in [-0.2, 0) is 4.74 Å². The van der Waals surface area contributed by atoms with Crippen LogP contribution >= 0.6 is 0 Å². The van der Waals surface area contributed by atoms with E-state index in [0.29, 0.717) is 22.8 Å². The second-order valence-corrected chi connectivity index (χ2v) is 5.23. The van der Waals surface area contributed by atoms with Gasteiger partial charge < -0.3 is 23.7 Å². The van der Waals surface area contributed by atoms with E-state index in [1.165, 1.54) is 40.7 Å². The highest BCUT2D eigenvalue weighted by molar-refractivity contribution is 5.92. The third-order valence-electron chi connectivity index (χ3n) is 3.56. The van der Waals surface area contributed by atoms with Crippen molar-refractivity contribution in [2.24, 2.45) is 5.10 Å². The first-order valence-corrected chi connectivity index (χ1v) is 8.01. The summed E-state index contributed by atoms with van der Waals surface area (Å²) in [6.07, 6.45) is 0.697. The molecule has 0 fully saturated rings. The molecule has 9 heteroatoms. The Labute approximate surface area is 161 Å². The quantitative estimate of drug-likeness (QED) is 0.336. The van der Waals surface area contributed by atoms with Crippen LogP contribution in [0.2, 0.25) is 0 Å². The lowest BCUT2D eigenvalue weighted by atomic mass is 10.2. The van der Waals surface area contributed by atoms with Gasteiger partial charge in [-0.05, 0) is 42.0 Å². The van der Waals surface area contributed by atoms with Crippen LogP contribution in [0.25, 0.3) is 0 Å². The lowest BCUT2D eigenvalue weighted by Gasteiger charge is -2.11. The van der Waals surface area contributed by atoms with Crippen molar-refractivity contribution in [3.05, 3.63) is 47.5 Å². The molecule has 28 heavy (non-hydrogen) atoms. The highest BCUT2D eigenvalue weighted by Gasteiger charge is 2.15. The molecule has 0 saturated heterocycles. The minimum absolute atomic E-state index is 0.223. The Morgan fingerprint density at radius 1 is 0.857 bits per heavy atom. The van der Waals surface area contributed by atoms with E-state index in [2.05, 4.69) is 15.3 Å². The van der Waals surface area contributed by atoms with Gasteiger partial charge in [0, 0.05) is 0 Å². The lowest BCUT2D eigenvalue weighted by molar-refractivity contribution is 0.0729. The SMILES string of the molecule is COC(=O)N/N=C\c1ccc(OC(=O)c2ccc(OC)c(OC)c2)c(OC)c1. The van der Waals surface area contributed by atoms with Crippen LogP contribution in [0.1, 0.15) is 15.9 Å². The van der Waals surface area contributed by atoms with Crippen LogP contribution in [0.5, 0.6) is 23.0 Å². The van der Waals surface area contributed by atoms with Crippen molar-refractivity contribution in [1.82, 2.24) is 5.43 Å². The number of esters is 1. The van der Waals surface area contributed by atoms with Gasteiger partial charge in [0.25, 0.3) is 0 Å². The van der Waals surface area contributed by atoms with E-state index in [9.17, 15) is 9.59 Å². The van der Waals surface area contributed by atoms with Gasteiger partial charge in [0.15, 0.2) is 23.0 Å². The zero-order chi connectivity index (χ0) is 20.5. The number of ether oxygens (including phenoxy) is 5. The van der Waals surface area contributed by atoms with Crippen molar-refractivity contribution in [2.75, 3.05) is 28.4 Å². The van der Waals surface area contributed by atoms with Gasteiger partial charge in [-0.2, -0.15) is 5.10 Å². The number of rotatable bonds is 7. The number of hydrazone groups is 1. The topological polar surface area (TPSA) is 105 Å². The van der Waals surface area contributed by atoms with Crippen molar-refractivity contribution in [2.45, 2.75) is 0 Å². The number of nitrogens with one attached hydrogen (secondary N) is 1. The predicted octanol–water partition coefficient (Wildman–Crippen LogP) is 2.62. The van der Waals surface area contributed by atoms with Gasteiger partial charge >= 0.3 is 12.1 Å². The number of hydrogen-bond acceptors (Lipinski definition) is 8. The van der Waals surface area contributed by atoms with Crippen molar-refractivity contribution >= 4 is 18.3 Å². The Kier molecular flexibility index (Phi) is 7.21. The fourth-order valence-electron chi connectivity index (χ4n) is 2.18. The fraction of sp³-hybridized carbons (Fsp3) is 0.211. The molecule has 0 heterocycles. The zero-order valence-corrected chi connectivity index (χ0v) is 15.8. The van der Waals surface area contributed by atoms with Crippen LogP contribution in [0.15, 0.2) is 41.5 Å². The number of methoxy groups -OCH3 is 4. The molecule has 1 N–H and O–H groups in total. The monoisotopic (exact) mass is 388 g/mol. The third-order valence-corrected chi connectivity index (χ3v) is 3.56. The summed E-state index contributed by atoms with van der Waals surface area (Å²) in [5.41, 5.74) is 3.06. The van der Waals surface area contributed by atoms with Gasteiger partial charge in [-0.1, -0.05) is 0 Å². The Balaban J connectivity index is 2.17. The molecular weight excluding hydrogens is 368 g/mol. The molecule has 0 aliphatic heterocycles. The van der Waals surface area contributed by atoms with Gasteiger partial charge in [-0.3, -0.25) is 0 Å². The van der Waals surface area contributed by atoms with Crippen LogP contribution in [0.3, 0.4) is 0 Å². The maximum absolute atomic E-state index is 12.5. The molecule has 2 aromatic carbocycles. The first kappa shape index (κ1) is 20.6. The number of hydrogen-bond donors (Lipinski definition) is 1. The highest BCUT2D eigenvalue weighted by atomic mass is 16.6. The molecule has 0 radical (unpaired) electrons. The van der Waals surface area contributed by atoms with Crippen LogP contribution in [0, 0.1) is 0 Å². The molecule has 0 saturated carbocycles. The van der Waals surface area contributed by atoms with E-state index < -0.39 is 12.1 Å². The Morgan fingerprint density at radius 2 is 1.50 bits per heavy atom. The van der Waals surface area contributed by atoms with Gasteiger partial charge in [0.2, 0.25) is 0 Å². The summed E-state index contributed by atoms with van der Waals surface area (Å²) in [5.74, 6) is 0.860. The highest BCUT2D eigenvalue weighted by Crippen LogP contribution is 2.31. The van der Waals surface area contributed by atoms with Gasteiger partial charge in [0.1, 0.15) is 0 Å². The summed E-state index contributed by atoms with van der Waals surface area (Å²) in [5, 5.41) is 3.72. The first-order chi connectivity index (χ1) is 13.5. The Hall–Kier alpha value is -3.75. The lowest BCUT2D eigenvalue weighted by Crippen LogP contribution is -2.16. The number of carbonyl (C=O) groups excluding carboxylic acids is 2. The second-order valence-electron chi connectivity index (χ2n) is 5.23. The molecule has 148 valence electrons. The average Bonchev–Trinajstić information content (AvgIpc) is 2.73. The molecule has 2 aromatic rings. The van der Waals surface area contributed by atoms with E-state index in [1.54, 1.807) is 30.3 Å². The maximum atomic E-state index is 12.5. The number of carbonyl (C=O) groups is 2. The molecule has 0 aromatic heterocycles. The van der Waals surface area contributed by atoms with E-state index in [4.69, 9.17) is 18.9 Å². The smallest absolute Gasteiger partial charge is 0.427 e. The summed E-state index contributed by atoms with van der Waals surface area (Å²) < 4.78 is 25.4. The number of amides is 1. The van der Waals surface area contributed by atoms with Crippen LogP contribution < -0.4 is 24.4 Å². The van der Waals surface area contributed by atoms with Crippen molar-refractivity contribution < 1.29 is 33.3 Å². The number of nitrogens with zero attached hydrogens (tertiary/aromatic N) is 1. The molecule has 0 spiro atoms. The van der Waals surface area contributed by atoms with Gasteiger partial charge in [-0.25, -0.2) is 15.0 Å². The van der Waals surface area contributed by atoms with Crippen molar-refractivity contribution in [3.8, 4) is 23.0 Å². The van der Waals surface area contributed by atoms with Crippen LogP contribution in [-0.4, -0.2) is 46.7 Å². The van der Waals surface area contributed by atoms with Crippen LogP contribution in [0.4, 0.5) is 4.79 Å². The van der Waals surface area contributed by atoms with E-state index in [1.807, 2.05) is 0 Å². The zero-order valence-electron chi connectivity index (χ0n) is 15.8. The average molecular weight is 388 g/mol. The fourth-order valence-corrected chi connectivity index (χ4v) is 2.18.